The molecule has 2 aromatic carbocycles. The number of amides is 1. The number of fused-ring (bicyclic) bond motifs is 2. The lowest BCUT2D eigenvalue weighted by molar-refractivity contribution is 0.0738. The van der Waals surface area contributed by atoms with Crippen molar-refractivity contribution >= 4 is 27.6 Å². The minimum atomic E-state index is -0.370. The molecule has 0 aliphatic rings. The number of nitrogens with zero attached hydrogens (tertiary/aromatic N) is 1. The number of nitrogens with one attached hydrogen (secondary N) is 2. The van der Waals surface area contributed by atoms with Crippen LogP contribution in [0.1, 0.15) is 29.0 Å². The first kappa shape index (κ1) is 17.0. The SMILES string of the molecule is CC(c1c[nH]c(=O)c2ccccc12)N(C)C(=O)c1cc2c(F)cccc2[nH]1. The van der Waals surface area contributed by atoms with Crippen molar-refractivity contribution in [3.63, 3.8) is 0 Å². The normalized spacial score (nSPS) is 12.4. The van der Waals surface area contributed by atoms with Gasteiger partial charge in [-0.3, -0.25) is 9.59 Å². The maximum atomic E-state index is 13.9. The number of hydrogen-bond acceptors (Lipinski definition) is 2. The summed E-state index contributed by atoms with van der Waals surface area (Å²) in [6, 6.07) is 13.2. The molecule has 1 unspecified atom stereocenters. The van der Waals surface area contributed by atoms with Crippen molar-refractivity contribution in [2.24, 2.45) is 0 Å². The Morgan fingerprint density at radius 1 is 1.07 bits per heavy atom. The van der Waals surface area contributed by atoms with Crippen LogP contribution in [0.2, 0.25) is 0 Å². The van der Waals surface area contributed by atoms with Crippen molar-refractivity contribution in [1.29, 1.82) is 0 Å². The van der Waals surface area contributed by atoms with Gasteiger partial charge in [0, 0.05) is 29.5 Å². The Labute approximate surface area is 154 Å². The summed E-state index contributed by atoms with van der Waals surface area (Å²) in [6.45, 7) is 1.89. The zero-order valence-electron chi connectivity index (χ0n) is 14.9. The van der Waals surface area contributed by atoms with Gasteiger partial charge in [0.1, 0.15) is 11.5 Å². The van der Waals surface area contributed by atoms with Crippen LogP contribution >= 0.6 is 0 Å². The lowest BCUT2D eigenvalue weighted by Crippen LogP contribution is -2.30. The third-order valence-corrected chi connectivity index (χ3v) is 5.03. The first-order valence-electron chi connectivity index (χ1n) is 8.62. The van der Waals surface area contributed by atoms with Gasteiger partial charge < -0.3 is 14.9 Å². The molecule has 1 amide bonds. The number of aromatic nitrogens is 2. The Balaban J connectivity index is 1.72. The second kappa shape index (κ2) is 6.39. The summed E-state index contributed by atoms with van der Waals surface area (Å²) in [7, 11) is 1.69. The van der Waals surface area contributed by atoms with Crippen molar-refractivity contribution in [1.82, 2.24) is 14.9 Å². The molecule has 0 spiro atoms. The van der Waals surface area contributed by atoms with E-state index >= 15 is 0 Å². The average molecular weight is 363 g/mol. The average Bonchev–Trinajstić information content (AvgIpc) is 3.12. The van der Waals surface area contributed by atoms with Crippen LogP contribution in [0.3, 0.4) is 0 Å². The molecule has 0 aliphatic carbocycles. The fraction of sp³-hybridized carbons (Fsp3) is 0.143. The number of carbonyl (C=O) groups excluding carboxylic acids is 1. The Bertz CT molecular complexity index is 1230. The fourth-order valence-electron chi connectivity index (χ4n) is 3.39. The third-order valence-electron chi connectivity index (χ3n) is 5.03. The molecule has 0 aliphatic heterocycles. The van der Waals surface area contributed by atoms with Gasteiger partial charge in [0.2, 0.25) is 0 Å². The van der Waals surface area contributed by atoms with E-state index in [9.17, 15) is 14.0 Å². The van der Waals surface area contributed by atoms with E-state index in [-0.39, 0.29) is 23.3 Å². The van der Waals surface area contributed by atoms with E-state index in [0.29, 0.717) is 22.0 Å². The molecule has 0 radical (unpaired) electrons. The molecule has 2 N–H and O–H groups in total. The van der Waals surface area contributed by atoms with Gasteiger partial charge in [-0.1, -0.05) is 24.3 Å². The van der Waals surface area contributed by atoms with Gasteiger partial charge in [0.15, 0.2) is 0 Å². The molecule has 0 fully saturated rings. The highest BCUT2D eigenvalue weighted by Gasteiger charge is 2.23. The largest absolute Gasteiger partial charge is 0.350 e. The number of carbonyl (C=O) groups is 1. The van der Waals surface area contributed by atoms with E-state index in [1.165, 1.54) is 12.1 Å². The van der Waals surface area contributed by atoms with E-state index in [0.717, 1.165) is 10.9 Å². The first-order chi connectivity index (χ1) is 13.0. The summed E-state index contributed by atoms with van der Waals surface area (Å²) in [5.74, 6) is -0.626. The molecule has 0 saturated carbocycles. The monoisotopic (exact) mass is 363 g/mol. The molecule has 1 atom stereocenters. The number of halogens is 1. The van der Waals surface area contributed by atoms with Gasteiger partial charge in [-0.25, -0.2) is 4.39 Å². The number of aromatic amines is 2. The third kappa shape index (κ3) is 2.79. The van der Waals surface area contributed by atoms with Gasteiger partial charge in [0.05, 0.1) is 6.04 Å². The van der Waals surface area contributed by atoms with E-state index in [2.05, 4.69) is 9.97 Å². The van der Waals surface area contributed by atoms with Crippen LogP contribution in [0.15, 0.2) is 59.5 Å². The molecule has 2 aromatic heterocycles. The van der Waals surface area contributed by atoms with Crippen LogP contribution in [0, 0.1) is 5.82 Å². The predicted molar refractivity (Wildman–Crippen MR) is 103 cm³/mol. The Morgan fingerprint density at radius 3 is 2.56 bits per heavy atom. The molecule has 2 heterocycles. The molecule has 6 heteroatoms. The van der Waals surface area contributed by atoms with Gasteiger partial charge in [-0.05, 0) is 42.1 Å². The molecular formula is C21H18FN3O2. The number of benzene rings is 2. The molecule has 5 nitrogen and oxygen atoms in total. The maximum absolute atomic E-state index is 13.9. The van der Waals surface area contributed by atoms with Crippen LogP contribution < -0.4 is 5.56 Å². The molecule has 4 aromatic rings. The first-order valence-corrected chi connectivity index (χ1v) is 8.62. The summed E-state index contributed by atoms with van der Waals surface area (Å²) < 4.78 is 13.9. The van der Waals surface area contributed by atoms with Crippen LogP contribution in [0.5, 0.6) is 0 Å². The quantitative estimate of drug-likeness (QED) is 0.578. The molecular weight excluding hydrogens is 345 g/mol. The smallest absolute Gasteiger partial charge is 0.270 e. The van der Waals surface area contributed by atoms with Crippen LogP contribution in [0.25, 0.3) is 21.7 Å². The number of rotatable bonds is 3. The van der Waals surface area contributed by atoms with Crippen LogP contribution in [-0.4, -0.2) is 27.8 Å². The molecule has 0 bridgehead atoms. The lowest BCUT2D eigenvalue weighted by Gasteiger charge is -2.25. The van der Waals surface area contributed by atoms with E-state index < -0.39 is 0 Å². The molecule has 27 heavy (non-hydrogen) atoms. The van der Waals surface area contributed by atoms with Gasteiger partial charge in [0.25, 0.3) is 11.5 Å². The Kier molecular flexibility index (Phi) is 4.03. The van der Waals surface area contributed by atoms with Crippen molar-refractivity contribution in [2.75, 3.05) is 7.05 Å². The summed E-state index contributed by atoms with van der Waals surface area (Å²) in [5, 5.41) is 1.77. The highest BCUT2D eigenvalue weighted by atomic mass is 19.1. The lowest BCUT2D eigenvalue weighted by atomic mass is 10.0. The molecule has 0 saturated heterocycles. The fourth-order valence-corrected chi connectivity index (χ4v) is 3.39. The highest BCUT2D eigenvalue weighted by molar-refractivity contribution is 5.98. The van der Waals surface area contributed by atoms with Crippen molar-refractivity contribution in [2.45, 2.75) is 13.0 Å². The summed E-state index contributed by atoms with van der Waals surface area (Å²) >= 11 is 0. The van der Waals surface area contributed by atoms with Gasteiger partial charge >= 0.3 is 0 Å². The highest BCUT2D eigenvalue weighted by Crippen LogP contribution is 2.27. The van der Waals surface area contributed by atoms with E-state index in [1.807, 2.05) is 19.1 Å². The topological polar surface area (TPSA) is 69.0 Å². The van der Waals surface area contributed by atoms with Crippen molar-refractivity contribution < 1.29 is 9.18 Å². The predicted octanol–water partition coefficient (Wildman–Crippen LogP) is 3.98. The van der Waals surface area contributed by atoms with Gasteiger partial charge in [-0.15, -0.1) is 0 Å². The number of hydrogen-bond donors (Lipinski definition) is 2. The summed E-state index contributed by atoms with van der Waals surface area (Å²) in [5.41, 5.74) is 1.57. The number of pyridine rings is 1. The minimum absolute atomic E-state index is 0.165. The maximum Gasteiger partial charge on any atom is 0.270 e. The standard InChI is InChI=1S/C21H18FN3O2/c1-12(16-11-23-20(26)14-7-4-3-6-13(14)16)25(2)21(27)19-10-15-17(22)8-5-9-18(15)24-19/h3-12,24H,1-2H3,(H,23,26). The summed E-state index contributed by atoms with van der Waals surface area (Å²) in [4.78, 5) is 32.3. The van der Waals surface area contributed by atoms with E-state index in [1.54, 1.807) is 42.4 Å². The van der Waals surface area contributed by atoms with Crippen LogP contribution in [-0.2, 0) is 0 Å². The minimum Gasteiger partial charge on any atom is -0.350 e. The van der Waals surface area contributed by atoms with Crippen LogP contribution in [0.4, 0.5) is 4.39 Å². The van der Waals surface area contributed by atoms with Crippen molar-refractivity contribution in [3.8, 4) is 0 Å². The Hall–Kier alpha value is -3.41. The van der Waals surface area contributed by atoms with Crippen molar-refractivity contribution in [3.05, 3.63) is 82.2 Å². The zero-order chi connectivity index (χ0) is 19.1. The van der Waals surface area contributed by atoms with E-state index in [4.69, 9.17) is 0 Å². The second-order valence-electron chi connectivity index (χ2n) is 6.59. The number of H-pyrrole nitrogens is 2. The zero-order valence-corrected chi connectivity index (χ0v) is 14.9. The molecule has 4 rings (SSSR count). The Morgan fingerprint density at radius 2 is 1.81 bits per heavy atom. The summed E-state index contributed by atoms with van der Waals surface area (Å²) in [6.07, 6.45) is 1.64. The van der Waals surface area contributed by atoms with Gasteiger partial charge in [-0.2, -0.15) is 0 Å². The molecule has 136 valence electrons. The second-order valence-corrected chi connectivity index (χ2v) is 6.59.